The number of anilines is 1. The van der Waals surface area contributed by atoms with Gasteiger partial charge in [-0.05, 0) is 19.1 Å². The molecule has 2 aromatic heterocycles. The number of hydrogen-bond acceptors (Lipinski definition) is 4. The monoisotopic (exact) mass is 200 g/mol. The van der Waals surface area contributed by atoms with Crippen molar-refractivity contribution in [3.63, 3.8) is 0 Å². The minimum absolute atomic E-state index is 0.714. The van der Waals surface area contributed by atoms with E-state index in [1.54, 1.807) is 12.4 Å². The Morgan fingerprint density at radius 1 is 1.13 bits per heavy atom. The highest BCUT2D eigenvalue weighted by molar-refractivity contribution is 5.41. The van der Waals surface area contributed by atoms with Crippen LogP contribution in [0.15, 0.2) is 37.1 Å². The molecule has 2 aromatic rings. The third-order valence-corrected chi connectivity index (χ3v) is 2.02. The first kappa shape index (κ1) is 9.58. The lowest BCUT2D eigenvalue weighted by molar-refractivity contribution is 1.05. The highest BCUT2D eigenvalue weighted by atomic mass is 14.9. The van der Waals surface area contributed by atoms with Gasteiger partial charge in [-0.1, -0.05) is 0 Å². The highest BCUT2D eigenvalue weighted by Crippen LogP contribution is 2.07. The van der Waals surface area contributed by atoms with Gasteiger partial charge in [0.1, 0.15) is 6.33 Å². The van der Waals surface area contributed by atoms with Gasteiger partial charge in [-0.2, -0.15) is 0 Å². The van der Waals surface area contributed by atoms with Gasteiger partial charge in [-0.15, -0.1) is 0 Å². The quantitative estimate of drug-likeness (QED) is 0.820. The van der Waals surface area contributed by atoms with Gasteiger partial charge >= 0.3 is 0 Å². The van der Waals surface area contributed by atoms with Gasteiger partial charge in [0.15, 0.2) is 0 Å². The molecule has 0 bridgehead atoms. The molecular formula is C11H12N4. The van der Waals surface area contributed by atoms with Crippen LogP contribution in [0.25, 0.3) is 0 Å². The Bertz CT molecular complexity index is 410. The van der Waals surface area contributed by atoms with Gasteiger partial charge in [0, 0.05) is 30.2 Å². The van der Waals surface area contributed by atoms with Crippen LogP contribution in [0.5, 0.6) is 0 Å². The van der Waals surface area contributed by atoms with Crippen molar-refractivity contribution in [2.45, 2.75) is 13.5 Å². The third kappa shape index (κ3) is 2.74. The number of nitrogens with zero attached hydrogens (tertiary/aromatic N) is 3. The van der Waals surface area contributed by atoms with Crippen molar-refractivity contribution in [1.82, 2.24) is 15.0 Å². The molecule has 0 aliphatic heterocycles. The number of aromatic nitrogens is 3. The van der Waals surface area contributed by atoms with Gasteiger partial charge < -0.3 is 5.32 Å². The molecule has 0 aliphatic rings. The predicted octanol–water partition coefficient (Wildman–Crippen LogP) is 1.79. The first-order valence-electron chi connectivity index (χ1n) is 4.75. The van der Waals surface area contributed by atoms with Crippen LogP contribution in [0.1, 0.15) is 11.3 Å². The SMILES string of the molecule is Cc1ccc(NCc2cncnc2)cn1. The summed E-state index contributed by atoms with van der Waals surface area (Å²) in [6, 6.07) is 3.98. The van der Waals surface area contributed by atoms with Crippen molar-refractivity contribution in [3.05, 3.63) is 48.3 Å². The van der Waals surface area contributed by atoms with Crippen LogP contribution in [0.4, 0.5) is 5.69 Å². The summed E-state index contributed by atoms with van der Waals surface area (Å²) in [6.07, 6.45) is 6.93. The van der Waals surface area contributed by atoms with E-state index in [0.29, 0.717) is 6.54 Å². The van der Waals surface area contributed by atoms with Crippen molar-refractivity contribution in [2.75, 3.05) is 5.32 Å². The van der Waals surface area contributed by atoms with Crippen LogP contribution in [0.3, 0.4) is 0 Å². The fraction of sp³-hybridized carbons (Fsp3) is 0.182. The average molecular weight is 200 g/mol. The summed E-state index contributed by atoms with van der Waals surface area (Å²) in [7, 11) is 0. The van der Waals surface area contributed by atoms with Crippen molar-refractivity contribution < 1.29 is 0 Å². The number of nitrogens with one attached hydrogen (secondary N) is 1. The highest BCUT2D eigenvalue weighted by Gasteiger charge is 1.94. The Kier molecular flexibility index (Phi) is 2.88. The fourth-order valence-electron chi connectivity index (χ4n) is 1.20. The molecule has 0 radical (unpaired) electrons. The summed E-state index contributed by atoms with van der Waals surface area (Å²) in [5, 5.41) is 3.25. The van der Waals surface area contributed by atoms with E-state index in [-0.39, 0.29) is 0 Å². The molecule has 0 atom stereocenters. The Morgan fingerprint density at radius 3 is 2.60 bits per heavy atom. The Balaban J connectivity index is 1.96. The first-order chi connectivity index (χ1) is 7.34. The molecule has 0 saturated carbocycles. The normalized spacial score (nSPS) is 9.93. The van der Waals surface area contributed by atoms with E-state index in [1.165, 1.54) is 6.33 Å². The lowest BCUT2D eigenvalue weighted by Crippen LogP contribution is -2.00. The summed E-state index contributed by atoms with van der Waals surface area (Å²) in [5.74, 6) is 0. The standard InChI is InChI=1S/C11H12N4/c1-9-2-3-11(7-14-9)15-6-10-4-12-8-13-5-10/h2-5,7-8,15H,6H2,1H3. The summed E-state index contributed by atoms with van der Waals surface area (Å²) < 4.78 is 0. The molecule has 0 fully saturated rings. The molecule has 15 heavy (non-hydrogen) atoms. The van der Waals surface area contributed by atoms with Crippen LogP contribution in [0.2, 0.25) is 0 Å². The Labute approximate surface area is 88.4 Å². The smallest absolute Gasteiger partial charge is 0.115 e. The molecule has 4 heteroatoms. The zero-order chi connectivity index (χ0) is 10.5. The number of aryl methyl sites for hydroxylation is 1. The lowest BCUT2D eigenvalue weighted by Gasteiger charge is -2.05. The Hall–Kier alpha value is -1.97. The third-order valence-electron chi connectivity index (χ3n) is 2.02. The molecule has 0 aromatic carbocycles. The molecule has 0 amide bonds. The van der Waals surface area contributed by atoms with Gasteiger partial charge in [0.25, 0.3) is 0 Å². The molecule has 0 spiro atoms. The van der Waals surface area contributed by atoms with Gasteiger partial charge in [-0.25, -0.2) is 9.97 Å². The van der Waals surface area contributed by atoms with Gasteiger partial charge in [-0.3, -0.25) is 4.98 Å². The largest absolute Gasteiger partial charge is 0.380 e. The maximum atomic E-state index is 4.20. The molecular weight excluding hydrogens is 188 g/mol. The summed E-state index contributed by atoms with van der Waals surface area (Å²) in [5.41, 5.74) is 3.08. The summed E-state index contributed by atoms with van der Waals surface area (Å²) in [4.78, 5) is 12.1. The summed E-state index contributed by atoms with van der Waals surface area (Å²) in [6.45, 7) is 2.68. The maximum Gasteiger partial charge on any atom is 0.115 e. The average Bonchev–Trinajstić information content (AvgIpc) is 2.30. The van der Waals surface area contributed by atoms with E-state index < -0.39 is 0 Å². The Morgan fingerprint density at radius 2 is 1.93 bits per heavy atom. The van der Waals surface area contributed by atoms with E-state index in [2.05, 4.69) is 20.3 Å². The maximum absolute atomic E-state index is 4.20. The van der Waals surface area contributed by atoms with Crippen molar-refractivity contribution in [2.24, 2.45) is 0 Å². The topological polar surface area (TPSA) is 50.7 Å². The molecule has 4 nitrogen and oxygen atoms in total. The van der Waals surface area contributed by atoms with Crippen LogP contribution in [-0.2, 0) is 6.54 Å². The molecule has 0 saturated heterocycles. The second-order valence-corrected chi connectivity index (χ2v) is 3.29. The van der Waals surface area contributed by atoms with Crippen LogP contribution in [0, 0.1) is 6.92 Å². The lowest BCUT2D eigenvalue weighted by atomic mass is 10.3. The zero-order valence-electron chi connectivity index (χ0n) is 8.51. The van der Waals surface area contributed by atoms with Crippen LogP contribution < -0.4 is 5.32 Å². The molecule has 0 aliphatic carbocycles. The van der Waals surface area contributed by atoms with Crippen LogP contribution in [-0.4, -0.2) is 15.0 Å². The summed E-state index contributed by atoms with van der Waals surface area (Å²) >= 11 is 0. The molecule has 2 heterocycles. The van der Waals surface area contributed by atoms with E-state index >= 15 is 0 Å². The number of hydrogen-bond donors (Lipinski definition) is 1. The predicted molar refractivity (Wildman–Crippen MR) is 58.3 cm³/mol. The van der Waals surface area contributed by atoms with Crippen molar-refractivity contribution in [3.8, 4) is 0 Å². The second kappa shape index (κ2) is 4.50. The number of pyridine rings is 1. The fourth-order valence-corrected chi connectivity index (χ4v) is 1.20. The second-order valence-electron chi connectivity index (χ2n) is 3.29. The number of rotatable bonds is 3. The van der Waals surface area contributed by atoms with Crippen molar-refractivity contribution >= 4 is 5.69 Å². The zero-order valence-corrected chi connectivity index (χ0v) is 8.51. The molecule has 2 rings (SSSR count). The molecule has 76 valence electrons. The van der Waals surface area contributed by atoms with E-state index in [1.807, 2.05) is 25.3 Å². The van der Waals surface area contributed by atoms with E-state index in [4.69, 9.17) is 0 Å². The first-order valence-corrected chi connectivity index (χ1v) is 4.75. The molecule has 1 N–H and O–H groups in total. The van der Waals surface area contributed by atoms with E-state index in [0.717, 1.165) is 16.9 Å². The minimum Gasteiger partial charge on any atom is -0.380 e. The van der Waals surface area contributed by atoms with Gasteiger partial charge in [0.05, 0.1) is 11.9 Å². The molecule has 0 unspecified atom stereocenters. The van der Waals surface area contributed by atoms with Gasteiger partial charge in [0.2, 0.25) is 0 Å². The van der Waals surface area contributed by atoms with Crippen LogP contribution >= 0.6 is 0 Å². The van der Waals surface area contributed by atoms with Crippen molar-refractivity contribution in [1.29, 1.82) is 0 Å². The van der Waals surface area contributed by atoms with E-state index in [9.17, 15) is 0 Å². The minimum atomic E-state index is 0.714.